The number of fused-ring (bicyclic) bond motifs is 4. The zero-order valence-corrected chi connectivity index (χ0v) is 19.6. The maximum atomic E-state index is 4.59. The van der Waals surface area contributed by atoms with Gasteiger partial charge in [-0.15, -0.1) is 0 Å². The van der Waals surface area contributed by atoms with Crippen molar-refractivity contribution in [1.29, 1.82) is 0 Å². The van der Waals surface area contributed by atoms with Crippen LogP contribution in [0.25, 0.3) is 49.1 Å². The molecule has 0 aliphatic heterocycles. The predicted molar refractivity (Wildman–Crippen MR) is 151 cm³/mol. The fourth-order valence-electron chi connectivity index (χ4n) is 5.13. The fourth-order valence-corrected chi connectivity index (χ4v) is 5.13. The molecular formula is C33H24N2. The Morgan fingerprint density at radius 3 is 2.34 bits per heavy atom. The molecule has 0 spiro atoms. The van der Waals surface area contributed by atoms with E-state index in [1.807, 2.05) is 12.3 Å². The normalized spacial score (nSPS) is 11.9. The molecule has 0 aliphatic carbocycles. The van der Waals surface area contributed by atoms with E-state index in [2.05, 4.69) is 127 Å². The van der Waals surface area contributed by atoms with Gasteiger partial charge in [0.2, 0.25) is 0 Å². The van der Waals surface area contributed by atoms with E-state index < -0.39 is 0 Å². The van der Waals surface area contributed by atoms with Crippen molar-refractivity contribution in [1.82, 2.24) is 4.98 Å². The molecule has 6 rings (SSSR count). The van der Waals surface area contributed by atoms with Gasteiger partial charge in [-0.2, -0.15) is 0 Å². The van der Waals surface area contributed by atoms with Crippen molar-refractivity contribution in [2.24, 2.45) is 4.99 Å². The van der Waals surface area contributed by atoms with Gasteiger partial charge in [-0.25, -0.2) is 0 Å². The molecule has 0 atom stereocenters. The lowest BCUT2D eigenvalue weighted by atomic mass is 9.90. The molecule has 35 heavy (non-hydrogen) atoms. The minimum atomic E-state index is 0.817. The lowest BCUT2D eigenvalue weighted by Crippen LogP contribution is -1.92. The summed E-state index contributed by atoms with van der Waals surface area (Å²) in [6.07, 6.45) is 3.96. The van der Waals surface area contributed by atoms with Crippen molar-refractivity contribution in [3.63, 3.8) is 0 Å². The molecule has 2 heteroatoms. The smallest absolute Gasteiger partial charge is 0.0964 e. The van der Waals surface area contributed by atoms with Crippen LogP contribution in [0.1, 0.15) is 18.1 Å². The largest absolute Gasteiger partial charge is 0.262 e. The first kappa shape index (κ1) is 21.0. The second kappa shape index (κ2) is 8.66. The molecular weight excluding hydrogens is 424 g/mol. The van der Waals surface area contributed by atoms with Crippen molar-refractivity contribution in [3.8, 4) is 11.1 Å². The third-order valence-corrected chi connectivity index (χ3v) is 6.74. The number of pyridine rings is 1. The molecule has 0 bridgehead atoms. The third-order valence-electron chi connectivity index (χ3n) is 6.74. The summed E-state index contributed by atoms with van der Waals surface area (Å²) in [5.41, 5.74) is 7.41. The average molecular weight is 449 g/mol. The van der Waals surface area contributed by atoms with Gasteiger partial charge in [0.15, 0.2) is 0 Å². The van der Waals surface area contributed by atoms with E-state index in [1.54, 1.807) is 0 Å². The molecule has 166 valence electrons. The molecule has 5 aromatic carbocycles. The monoisotopic (exact) mass is 448 g/mol. The molecule has 2 nitrogen and oxygen atoms in total. The van der Waals surface area contributed by atoms with Gasteiger partial charge >= 0.3 is 0 Å². The number of aliphatic imine (C=N–C) groups is 1. The van der Waals surface area contributed by atoms with Gasteiger partial charge in [0.25, 0.3) is 0 Å². The number of allylic oxidation sites excluding steroid dienone is 1. The van der Waals surface area contributed by atoms with Crippen LogP contribution in [-0.2, 0) is 0 Å². The lowest BCUT2D eigenvalue weighted by Gasteiger charge is -2.15. The van der Waals surface area contributed by atoms with Crippen LogP contribution in [0, 0.1) is 0 Å². The summed E-state index contributed by atoms with van der Waals surface area (Å²) in [5.74, 6) is 0. The Hall–Kier alpha value is -4.56. The molecule has 0 amide bonds. The van der Waals surface area contributed by atoms with Crippen molar-refractivity contribution in [2.75, 3.05) is 0 Å². The molecule has 0 aliphatic rings. The number of benzene rings is 5. The molecule has 0 saturated heterocycles. The van der Waals surface area contributed by atoms with Gasteiger partial charge in [-0.3, -0.25) is 9.98 Å². The summed E-state index contributed by atoms with van der Waals surface area (Å²) < 4.78 is 0. The SMILES string of the molecule is C=Nc1c(/C(=C\C)c2cccc(-c3cc4ccccc4c4ccccc34)c2)ccc2cccnc12. The summed E-state index contributed by atoms with van der Waals surface area (Å²) in [6, 6.07) is 36.6. The Bertz CT molecular complexity index is 1780. The molecule has 0 saturated carbocycles. The Morgan fingerprint density at radius 2 is 1.51 bits per heavy atom. The number of aromatic nitrogens is 1. The molecule has 1 aromatic heterocycles. The molecule has 0 unspecified atom stereocenters. The number of hydrogen-bond acceptors (Lipinski definition) is 2. The van der Waals surface area contributed by atoms with Crippen molar-refractivity contribution < 1.29 is 0 Å². The van der Waals surface area contributed by atoms with E-state index in [0.29, 0.717) is 0 Å². The van der Waals surface area contributed by atoms with Gasteiger partial charge in [0.05, 0.1) is 11.2 Å². The maximum absolute atomic E-state index is 4.59. The van der Waals surface area contributed by atoms with Gasteiger partial charge in [-0.05, 0) is 75.6 Å². The van der Waals surface area contributed by atoms with Crippen LogP contribution in [0.5, 0.6) is 0 Å². The Morgan fingerprint density at radius 1 is 0.743 bits per heavy atom. The first-order chi connectivity index (χ1) is 17.3. The average Bonchev–Trinajstić information content (AvgIpc) is 2.93. The summed E-state index contributed by atoms with van der Waals surface area (Å²) >= 11 is 0. The standard InChI is InChI=1S/C33H24N2/c1-3-26(30-18-17-22-13-9-19-35-32(22)33(30)34-2)23-11-8-12-24(20-23)31-21-25-10-4-5-14-27(25)28-15-6-7-16-29(28)31/h3-21H,2H2,1H3/b26-3-. The predicted octanol–water partition coefficient (Wildman–Crippen LogP) is 8.99. The highest BCUT2D eigenvalue weighted by Gasteiger charge is 2.14. The van der Waals surface area contributed by atoms with Crippen molar-refractivity contribution in [2.45, 2.75) is 6.92 Å². The summed E-state index contributed by atoms with van der Waals surface area (Å²) in [4.78, 5) is 8.99. The summed E-state index contributed by atoms with van der Waals surface area (Å²) in [7, 11) is 0. The van der Waals surface area contributed by atoms with Gasteiger partial charge in [0.1, 0.15) is 0 Å². The van der Waals surface area contributed by atoms with E-state index in [9.17, 15) is 0 Å². The first-order valence-corrected chi connectivity index (χ1v) is 11.8. The highest BCUT2D eigenvalue weighted by Crippen LogP contribution is 2.39. The van der Waals surface area contributed by atoms with Crippen LogP contribution >= 0.6 is 0 Å². The third kappa shape index (κ3) is 3.51. The van der Waals surface area contributed by atoms with Crippen LogP contribution in [0.4, 0.5) is 5.69 Å². The van der Waals surface area contributed by atoms with Gasteiger partial charge < -0.3 is 0 Å². The van der Waals surface area contributed by atoms with Crippen molar-refractivity contribution >= 4 is 50.4 Å². The quantitative estimate of drug-likeness (QED) is 0.195. The number of hydrogen-bond donors (Lipinski definition) is 0. The summed E-state index contributed by atoms with van der Waals surface area (Å²) in [6.45, 7) is 5.94. The Labute approximate surface area is 204 Å². The minimum absolute atomic E-state index is 0.817. The minimum Gasteiger partial charge on any atom is -0.262 e. The van der Waals surface area contributed by atoms with E-state index in [1.165, 1.54) is 32.7 Å². The molecule has 0 radical (unpaired) electrons. The van der Waals surface area contributed by atoms with Crippen LogP contribution in [0.2, 0.25) is 0 Å². The first-order valence-electron chi connectivity index (χ1n) is 11.8. The number of rotatable bonds is 4. The second-order valence-corrected chi connectivity index (χ2v) is 8.67. The van der Waals surface area contributed by atoms with Crippen molar-refractivity contribution in [3.05, 3.63) is 127 Å². The van der Waals surface area contributed by atoms with Crippen LogP contribution in [-0.4, -0.2) is 11.7 Å². The maximum Gasteiger partial charge on any atom is 0.0964 e. The van der Waals surface area contributed by atoms with Crippen LogP contribution in [0.15, 0.2) is 120 Å². The number of nitrogens with zero attached hydrogens (tertiary/aromatic N) is 2. The second-order valence-electron chi connectivity index (χ2n) is 8.67. The Kier molecular flexibility index (Phi) is 5.20. The van der Waals surface area contributed by atoms with Gasteiger partial charge in [0, 0.05) is 17.1 Å². The van der Waals surface area contributed by atoms with E-state index in [4.69, 9.17) is 0 Å². The molecule has 1 heterocycles. The van der Waals surface area contributed by atoms with E-state index in [-0.39, 0.29) is 0 Å². The highest BCUT2D eigenvalue weighted by atomic mass is 14.8. The Balaban J connectivity index is 1.55. The van der Waals surface area contributed by atoms with Crippen LogP contribution in [0.3, 0.4) is 0 Å². The molecule has 6 aromatic rings. The molecule has 0 fully saturated rings. The van der Waals surface area contributed by atoms with Crippen LogP contribution < -0.4 is 0 Å². The summed E-state index contributed by atoms with van der Waals surface area (Å²) in [5, 5.41) is 6.12. The van der Waals surface area contributed by atoms with E-state index >= 15 is 0 Å². The topological polar surface area (TPSA) is 25.2 Å². The van der Waals surface area contributed by atoms with Gasteiger partial charge in [-0.1, -0.05) is 91.0 Å². The zero-order valence-electron chi connectivity index (χ0n) is 19.6. The highest BCUT2D eigenvalue weighted by molar-refractivity contribution is 6.14. The van der Waals surface area contributed by atoms with E-state index in [0.717, 1.165) is 33.3 Å². The fraction of sp³-hybridized carbons (Fsp3) is 0.0303. The zero-order chi connectivity index (χ0) is 23.8. The lowest BCUT2D eigenvalue weighted by molar-refractivity contribution is 1.38. The molecule has 0 N–H and O–H groups in total.